The number of benzene rings is 2. The van der Waals surface area contributed by atoms with Crippen LogP contribution in [0, 0.1) is 11.8 Å². The Bertz CT molecular complexity index is 726. The van der Waals surface area contributed by atoms with Gasteiger partial charge in [0, 0.05) is 19.4 Å². The molecule has 2 rings (SSSR count). The first-order chi connectivity index (χ1) is 13.6. The lowest BCUT2D eigenvalue weighted by atomic mass is 9.95. The van der Waals surface area contributed by atoms with Gasteiger partial charge in [0.05, 0.1) is 0 Å². The van der Waals surface area contributed by atoms with Gasteiger partial charge >= 0.3 is 5.97 Å². The second kappa shape index (κ2) is 9.73. The van der Waals surface area contributed by atoms with Crippen LogP contribution in [0.5, 0.6) is 0 Å². The Labute approximate surface area is 177 Å². The Morgan fingerprint density at radius 2 is 1.34 bits per heavy atom. The van der Waals surface area contributed by atoms with Crippen LogP contribution in [0.1, 0.15) is 48.5 Å². The molecule has 0 radical (unpaired) electrons. The third kappa shape index (κ3) is 5.37. The Morgan fingerprint density at radius 1 is 0.897 bits per heavy atom. The Kier molecular flexibility index (Phi) is 7.84. The van der Waals surface area contributed by atoms with Gasteiger partial charge in [0.1, 0.15) is 6.10 Å². The summed E-state index contributed by atoms with van der Waals surface area (Å²) in [4.78, 5) is 11.6. The molecule has 0 fully saturated rings. The van der Waals surface area contributed by atoms with Crippen LogP contribution in [0.15, 0.2) is 60.7 Å². The van der Waals surface area contributed by atoms with Gasteiger partial charge in [0.25, 0.3) is 8.32 Å². The number of esters is 1. The van der Waals surface area contributed by atoms with Crippen LogP contribution in [-0.2, 0) is 14.0 Å². The first-order valence-electron chi connectivity index (χ1n) is 10.5. The van der Waals surface area contributed by atoms with E-state index in [4.69, 9.17) is 9.16 Å². The van der Waals surface area contributed by atoms with Crippen molar-refractivity contribution >= 4 is 24.7 Å². The van der Waals surface area contributed by atoms with Gasteiger partial charge in [-0.25, -0.2) is 0 Å². The summed E-state index contributed by atoms with van der Waals surface area (Å²) in [6.45, 7) is 15.1. The Balaban J connectivity index is 2.47. The van der Waals surface area contributed by atoms with Crippen molar-refractivity contribution in [1.82, 2.24) is 0 Å². The molecular weight excluding hydrogens is 376 g/mol. The SMILES string of the molecule is CC(=O)O[C@@H](C(C)C)[C@@H](C)CO[Si](c1ccccc1)(c1ccccc1)C(C)(C)C. The minimum Gasteiger partial charge on any atom is -0.462 e. The van der Waals surface area contributed by atoms with E-state index in [1.165, 1.54) is 17.3 Å². The van der Waals surface area contributed by atoms with Gasteiger partial charge in [-0.2, -0.15) is 0 Å². The zero-order valence-corrected chi connectivity index (χ0v) is 19.9. The van der Waals surface area contributed by atoms with Crippen molar-refractivity contribution in [3.05, 3.63) is 60.7 Å². The molecule has 29 heavy (non-hydrogen) atoms. The van der Waals surface area contributed by atoms with Crippen LogP contribution < -0.4 is 10.4 Å². The van der Waals surface area contributed by atoms with Crippen molar-refractivity contribution in [2.75, 3.05) is 6.61 Å². The summed E-state index contributed by atoms with van der Waals surface area (Å²) >= 11 is 0. The lowest BCUT2D eigenvalue weighted by molar-refractivity contribution is -0.152. The molecule has 0 aliphatic rings. The summed E-state index contributed by atoms with van der Waals surface area (Å²) < 4.78 is 12.6. The van der Waals surface area contributed by atoms with E-state index in [1.807, 2.05) is 0 Å². The van der Waals surface area contributed by atoms with Crippen molar-refractivity contribution in [3.8, 4) is 0 Å². The molecule has 0 saturated heterocycles. The predicted molar refractivity (Wildman–Crippen MR) is 123 cm³/mol. The first-order valence-corrected chi connectivity index (χ1v) is 12.4. The van der Waals surface area contributed by atoms with Gasteiger partial charge in [-0.1, -0.05) is 102 Å². The quantitative estimate of drug-likeness (QED) is 0.462. The maximum Gasteiger partial charge on any atom is 0.302 e. The third-order valence-electron chi connectivity index (χ3n) is 5.50. The minimum absolute atomic E-state index is 0.0653. The van der Waals surface area contributed by atoms with Crippen LogP contribution in [0.4, 0.5) is 0 Å². The first kappa shape index (κ1) is 23.4. The molecule has 0 amide bonds. The van der Waals surface area contributed by atoms with Crippen LogP contribution in [0.3, 0.4) is 0 Å². The fourth-order valence-electron chi connectivity index (χ4n) is 4.21. The Hall–Kier alpha value is -1.91. The van der Waals surface area contributed by atoms with E-state index in [9.17, 15) is 4.79 Å². The summed E-state index contributed by atoms with van der Waals surface area (Å²) in [7, 11) is -2.57. The maximum atomic E-state index is 11.6. The van der Waals surface area contributed by atoms with Gasteiger partial charge in [-0.3, -0.25) is 4.79 Å². The standard InChI is InChI=1S/C25H36O3Si/c1-19(2)24(28-21(4)26)20(3)18-27-29(25(5,6)7,22-14-10-8-11-15-22)23-16-12-9-13-17-23/h8-17,19-20,24H,18H2,1-7H3/t20-,24-/m0/s1. The summed E-state index contributed by atoms with van der Waals surface area (Å²) in [5.74, 6) is 0.0956. The fraction of sp³-hybridized carbons (Fsp3) is 0.480. The van der Waals surface area contributed by atoms with Gasteiger partial charge in [0.2, 0.25) is 0 Å². The van der Waals surface area contributed by atoms with Gasteiger partial charge in [0.15, 0.2) is 0 Å². The van der Waals surface area contributed by atoms with E-state index in [1.54, 1.807) is 0 Å². The second-order valence-corrected chi connectivity index (χ2v) is 13.6. The lowest BCUT2D eigenvalue weighted by Crippen LogP contribution is -2.67. The highest BCUT2D eigenvalue weighted by Gasteiger charge is 2.50. The highest BCUT2D eigenvalue weighted by atomic mass is 28.4. The topological polar surface area (TPSA) is 35.5 Å². The minimum atomic E-state index is -2.57. The van der Waals surface area contributed by atoms with E-state index >= 15 is 0 Å². The molecule has 0 spiro atoms. The summed E-state index contributed by atoms with van der Waals surface area (Å²) in [6, 6.07) is 21.2. The molecule has 0 aromatic heterocycles. The number of hydrogen-bond donors (Lipinski definition) is 0. The molecule has 0 unspecified atom stereocenters. The molecular formula is C25H36O3Si. The van der Waals surface area contributed by atoms with Gasteiger partial charge in [-0.05, 0) is 21.3 Å². The summed E-state index contributed by atoms with van der Waals surface area (Å²) in [5, 5.41) is 2.46. The predicted octanol–water partition coefficient (Wildman–Crippen LogP) is 4.79. The van der Waals surface area contributed by atoms with Gasteiger partial charge < -0.3 is 9.16 Å². The zero-order valence-electron chi connectivity index (χ0n) is 18.9. The van der Waals surface area contributed by atoms with Crippen molar-refractivity contribution in [2.45, 2.75) is 59.6 Å². The van der Waals surface area contributed by atoms with E-state index < -0.39 is 8.32 Å². The van der Waals surface area contributed by atoms with Crippen molar-refractivity contribution in [1.29, 1.82) is 0 Å². The number of hydrogen-bond acceptors (Lipinski definition) is 3. The molecule has 0 heterocycles. The van der Waals surface area contributed by atoms with Crippen LogP contribution in [0.25, 0.3) is 0 Å². The van der Waals surface area contributed by atoms with E-state index in [2.05, 4.69) is 102 Å². The van der Waals surface area contributed by atoms with E-state index in [0.717, 1.165) is 0 Å². The third-order valence-corrected chi connectivity index (χ3v) is 10.5. The number of ether oxygens (including phenoxy) is 1. The molecule has 0 N–H and O–H groups in total. The zero-order chi connectivity index (χ0) is 21.7. The lowest BCUT2D eigenvalue weighted by Gasteiger charge is -2.44. The van der Waals surface area contributed by atoms with E-state index in [-0.39, 0.29) is 28.9 Å². The highest BCUT2D eigenvalue weighted by molar-refractivity contribution is 6.99. The molecule has 0 aliphatic heterocycles. The molecule has 2 aromatic carbocycles. The van der Waals surface area contributed by atoms with Crippen LogP contribution >= 0.6 is 0 Å². The summed E-state index contributed by atoms with van der Waals surface area (Å²) in [6.07, 6.45) is -0.161. The highest BCUT2D eigenvalue weighted by Crippen LogP contribution is 2.37. The molecule has 158 valence electrons. The Morgan fingerprint density at radius 3 is 1.69 bits per heavy atom. The monoisotopic (exact) mass is 412 g/mol. The number of carbonyl (C=O) groups is 1. The molecule has 0 aliphatic carbocycles. The normalized spacial score (nSPS) is 14.5. The molecule has 0 bridgehead atoms. The molecule has 4 heteroatoms. The second-order valence-electron chi connectivity index (χ2n) is 9.27. The largest absolute Gasteiger partial charge is 0.462 e. The average Bonchev–Trinajstić information content (AvgIpc) is 2.66. The smallest absolute Gasteiger partial charge is 0.302 e. The number of carbonyl (C=O) groups excluding carboxylic acids is 1. The fourth-order valence-corrected chi connectivity index (χ4v) is 8.88. The van der Waals surface area contributed by atoms with Crippen LogP contribution in [-0.4, -0.2) is 27.0 Å². The van der Waals surface area contributed by atoms with Crippen LogP contribution in [0.2, 0.25) is 5.04 Å². The van der Waals surface area contributed by atoms with Crippen molar-refractivity contribution < 1.29 is 14.0 Å². The summed E-state index contributed by atoms with van der Waals surface area (Å²) in [5.41, 5.74) is 0. The molecule has 2 aromatic rings. The number of rotatable bonds is 8. The van der Waals surface area contributed by atoms with Crippen molar-refractivity contribution in [2.24, 2.45) is 11.8 Å². The van der Waals surface area contributed by atoms with Crippen molar-refractivity contribution in [3.63, 3.8) is 0 Å². The molecule has 0 saturated carbocycles. The average molecular weight is 413 g/mol. The molecule has 3 nitrogen and oxygen atoms in total. The maximum absolute atomic E-state index is 11.6. The van der Waals surface area contributed by atoms with Gasteiger partial charge in [-0.15, -0.1) is 0 Å². The van der Waals surface area contributed by atoms with E-state index in [0.29, 0.717) is 6.61 Å². The molecule has 2 atom stereocenters.